The molecule has 2 aliphatic rings. The molecule has 1 saturated heterocycles. The van der Waals surface area contributed by atoms with Crippen LogP contribution in [0.2, 0.25) is 0 Å². The second kappa shape index (κ2) is 12.1. The lowest BCUT2D eigenvalue weighted by Gasteiger charge is -2.29. The smallest absolute Gasteiger partial charge is 0.255 e. The highest BCUT2D eigenvalue weighted by Gasteiger charge is 2.38. The van der Waals surface area contributed by atoms with E-state index in [1.807, 2.05) is 18.2 Å². The van der Waals surface area contributed by atoms with Crippen LogP contribution in [0, 0.1) is 0 Å². The molecule has 1 unspecified atom stereocenters. The van der Waals surface area contributed by atoms with Crippen molar-refractivity contribution in [2.24, 2.45) is 5.73 Å². The van der Waals surface area contributed by atoms with E-state index in [-0.39, 0.29) is 30.7 Å². The molecule has 0 bridgehead atoms. The van der Waals surface area contributed by atoms with E-state index in [0.717, 1.165) is 50.0 Å². The maximum Gasteiger partial charge on any atom is 0.255 e. The van der Waals surface area contributed by atoms with Gasteiger partial charge >= 0.3 is 0 Å². The molecule has 0 aliphatic carbocycles. The number of hydrogen-bond acceptors (Lipinski definition) is 7. The molecule has 9 heteroatoms. The molecule has 2 aliphatic heterocycles. The zero-order valence-corrected chi connectivity index (χ0v) is 18.6. The van der Waals surface area contributed by atoms with E-state index in [1.54, 1.807) is 4.90 Å². The van der Waals surface area contributed by atoms with Crippen LogP contribution in [0.4, 0.5) is 0 Å². The molecule has 2 heterocycles. The van der Waals surface area contributed by atoms with Gasteiger partial charge in [-0.2, -0.15) is 0 Å². The summed E-state index contributed by atoms with van der Waals surface area (Å²) in [7, 11) is 0. The van der Waals surface area contributed by atoms with E-state index in [4.69, 9.17) is 10.8 Å². The van der Waals surface area contributed by atoms with Crippen LogP contribution in [0.15, 0.2) is 18.2 Å². The van der Waals surface area contributed by atoms with Crippen molar-refractivity contribution < 1.29 is 19.5 Å². The Kier molecular flexibility index (Phi) is 9.16. The number of imide groups is 1. The quantitative estimate of drug-likeness (QED) is 0.248. The van der Waals surface area contributed by atoms with E-state index >= 15 is 0 Å². The van der Waals surface area contributed by atoms with E-state index < -0.39 is 6.04 Å². The van der Waals surface area contributed by atoms with Crippen molar-refractivity contribution in [1.29, 1.82) is 0 Å². The fourth-order valence-electron chi connectivity index (χ4n) is 4.35. The number of nitrogens with zero attached hydrogens (tertiary/aromatic N) is 2. The molecule has 1 fully saturated rings. The second-order valence-corrected chi connectivity index (χ2v) is 8.48. The van der Waals surface area contributed by atoms with E-state index in [1.165, 1.54) is 0 Å². The van der Waals surface area contributed by atoms with Crippen LogP contribution in [0.25, 0.3) is 0 Å². The van der Waals surface area contributed by atoms with Gasteiger partial charge in [0.15, 0.2) is 0 Å². The molecule has 0 radical (unpaired) electrons. The first kappa shape index (κ1) is 24.3. The number of nitrogens with one attached hydrogen (secondary N) is 2. The van der Waals surface area contributed by atoms with Gasteiger partial charge in [-0.1, -0.05) is 12.1 Å². The maximum atomic E-state index is 12.8. The van der Waals surface area contributed by atoms with Gasteiger partial charge in [-0.15, -0.1) is 0 Å². The largest absolute Gasteiger partial charge is 0.395 e. The minimum Gasteiger partial charge on any atom is -0.395 e. The molecular formula is C23H35N5O4. The highest BCUT2D eigenvalue weighted by molar-refractivity contribution is 6.05. The number of carbonyl (C=O) groups is 3. The second-order valence-electron chi connectivity index (χ2n) is 8.48. The zero-order valence-electron chi connectivity index (χ0n) is 18.6. The van der Waals surface area contributed by atoms with E-state index in [9.17, 15) is 14.4 Å². The number of nitrogens with two attached hydrogens (primary N) is 1. The van der Waals surface area contributed by atoms with Crippen LogP contribution in [-0.4, -0.2) is 78.0 Å². The number of rotatable bonds is 13. The van der Waals surface area contributed by atoms with Crippen LogP contribution < -0.4 is 16.4 Å². The van der Waals surface area contributed by atoms with Crippen LogP contribution in [0.5, 0.6) is 0 Å². The van der Waals surface area contributed by atoms with Crippen LogP contribution in [-0.2, 0) is 22.7 Å². The van der Waals surface area contributed by atoms with Gasteiger partial charge in [0.25, 0.3) is 5.91 Å². The molecule has 5 N–H and O–H groups in total. The number of aliphatic hydroxyl groups excluding tert-OH is 1. The molecule has 1 atom stereocenters. The summed E-state index contributed by atoms with van der Waals surface area (Å²) in [6.07, 6.45) is 3.67. The highest BCUT2D eigenvalue weighted by atomic mass is 16.3. The number of aliphatic hydroxyl groups is 1. The Morgan fingerprint density at radius 1 is 1.16 bits per heavy atom. The molecule has 1 aromatic carbocycles. The third kappa shape index (κ3) is 6.35. The van der Waals surface area contributed by atoms with Crippen molar-refractivity contribution in [2.75, 3.05) is 39.3 Å². The number of carbonyl (C=O) groups excluding carboxylic acids is 3. The molecule has 9 nitrogen and oxygen atoms in total. The van der Waals surface area contributed by atoms with Gasteiger partial charge in [0.1, 0.15) is 6.04 Å². The van der Waals surface area contributed by atoms with Crippen LogP contribution in [0.1, 0.15) is 53.6 Å². The Morgan fingerprint density at radius 2 is 1.97 bits per heavy atom. The number of amides is 3. The van der Waals surface area contributed by atoms with Crippen molar-refractivity contribution in [2.45, 2.75) is 51.2 Å². The van der Waals surface area contributed by atoms with Gasteiger partial charge in [0.05, 0.1) is 6.61 Å². The van der Waals surface area contributed by atoms with Gasteiger partial charge < -0.3 is 26.0 Å². The Morgan fingerprint density at radius 3 is 2.72 bits per heavy atom. The van der Waals surface area contributed by atoms with Crippen LogP contribution in [0.3, 0.4) is 0 Å². The Labute approximate surface area is 189 Å². The minimum absolute atomic E-state index is 0.143. The Bertz CT molecular complexity index is 816. The topological polar surface area (TPSA) is 128 Å². The highest BCUT2D eigenvalue weighted by Crippen LogP contribution is 2.28. The van der Waals surface area contributed by atoms with E-state index in [2.05, 4.69) is 15.5 Å². The molecule has 32 heavy (non-hydrogen) atoms. The van der Waals surface area contributed by atoms with Gasteiger partial charge in [-0.3, -0.25) is 19.7 Å². The van der Waals surface area contributed by atoms with Gasteiger partial charge in [-0.25, -0.2) is 0 Å². The maximum absolute atomic E-state index is 12.8. The first-order valence-electron chi connectivity index (χ1n) is 11.5. The summed E-state index contributed by atoms with van der Waals surface area (Å²) >= 11 is 0. The summed E-state index contributed by atoms with van der Waals surface area (Å²) in [6.45, 7) is 5.42. The lowest BCUT2D eigenvalue weighted by molar-refractivity contribution is -0.136. The van der Waals surface area contributed by atoms with Crippen molar-refractivity contribution in [3.63, 3.8) is 0 Å². The lowest BCUT2D eigenvalue weighted by Crippen LogP contribution is -2.52. The minimum atomic E-state index is -0.579. The molecule has 1 aromatic rings. The van der Waals surface area contributed by atoms with Crippen molar-refractivity contribution in [3.8, 4) is 0 Å². The predicted molar refractivity (Wildman–Crippen MR) is 121 cm³/mol. The molecule has 176 valence electrons. The summed E-state index contributed by atoms with van der Waals surface area (Å²) in [5, 5.41) is 14.9. The first-order chi connectivity index (χ1) is 15.5. The normalized spacial score (nSPS) is 18.4. The lowest BCUT2D eigenvalue weighted by atomic mass is 10.0. The molecular weight excluding hydrogens is 410 g/mol. The van der Waals surface area contributed by atoms with Gasteiger partial charge in [-0.05, 0) is 69.1 Å². The standard InChI is InChI=1S/C23H35N5O4/c24-8-3-11-27(12-13-29)10-2-1-9-25-15-17-4-5-19-18(14-17)16-28(23(19)32)20-6-7-21(30)26-22(20)31/h4-5,14,20,25,29H,1-3,6-13,15-16,24H2,(H,26,30,31). The number of hydrogen-bond donors (Lipinski definition) is 4. The summed E-state index contributed by atoms with van der Waals surface area (Å²) in [5.41, 5.74) is 8.24. The number of benzene rings is 1. The first-order valence-corrected chi connectivity index (χ1v) is 11.5. The number of fused-ring (bicyclic) bond motifs is 1. The average Bonchev–Trinajstić information content (AvgIpc) is 3.10. The molecule has 3 amide bonds. The number of piperidine rings is 1. The van der Waals surface area contributed by atoms with Gasteiger partial charge in [0, 0.05) is 31.6 Å². The van der Waals surface area contributed by atoms with Gasteiger partial charge in [0.2, 0.25) is 11.8 Å². The van der Waals surface area contributed by atoms with Crippen LogP contribution >= 0.6 is 0 Å². The monoisotopic (exact) mass is 445 g/mol. The van der Waals surface area contributed by atoms with Crippen molar-refractivity contribution in [1.82, 2.24) is 20.4 Å². The molecule has 0 saturated carbocycles. The third-order valence-electron chi connectivity index (χ3n) is 6.09. The summed E-state index contributed by atoms with van der Waals surface area (Å²) in [6, 6.07) is 5.24. The summed E-state index contributed by atoms with van der Waals surface area (Å²) < 4.78 is 0. The molecule has 3 rings (SSSR count). The van der Waals surface area contributed by atoms with Crippen molar-refractivity contribution >= 4 is 17.7 Å². The zero-order chi connectivity index (χ0) is 22.9. The fraction of sp³-hybridized carbons (Fsp3) is 0.609. The summed E-state index contributed by atoms with van der Waals surface area (Å²) in [5.74, 6) is -0.804. The third-order valence-corrected chi connectivity index (χ3v) is 6.09. The summed E-state index contributed by atoms with van der Waals surface area (Å²) in [4.78, 5) is 40.1. The fourth-order valence-corrected chi connectivity index (χ4v) is 4.35. The molecule has 0 spiro atoms. The number of unbranched alkanes of at least 4 members (excludes halogenated alkanes) is 1. The Balaban J connectivity index is 1.42. The average molecular weight is 446 g/mol. The van der Waals surface area contributed by atoms with Crippen molar-refractivity contribution in [3.05, 3.63) is 34.9 Å². The SMILES string of the molecule is NCCCN(CCO)CCCCNCc1ccc2c(c1)CN(C1CCC(=O)NC1=O)C2=O. The predicted octanol–water partition coefficient (Wildman–Crippen LogP) is -0.0395. The Hall–Kier alpha value is -2.33. The van der Waals surface area contributed by atoms with E-state index in [0.29, 0.717) is 38.2 Å². The molecule has 0 aromatic heterocycles.